The standard InChI is InChI=1S/C10H23NO2/c1-4-13-7-5-6-11-8-10(2)9-12-3/h10-11H,4-9H2,1-3H3. The van der Waals surface area contributed by atoms with Crippen LogP contribution in [0.2, 0.25) is 0 Å². The Kier molecular flexibility index (Phi) is 9.87. The number of ether oxygens (including phenoxy) is 2. The third-order valence-corrected chi connectivity index (χ3v) is 1.79. The van der Waals surface area contributed by atoms with Crippen LogP contribution < -0.4 is 5.32 Å². The van der Waals surface area contributed by atoms with E-state index in [1.165, 1.54) is 0 Å². The molecule has 3 nitrogen and oxygen atoms in total. The van der Waals surface area contributed by atoms with Crippen LogP contribution in [0.5, 0.6) is 0 Å². The zero-order chi connectivity index (χ0) is 9.94. The molecule has 0 aromatic heterocycles. The highest BCUT2D eigenvalue weighted by Crippen LogP contribution is 1.91. The molecule has 0 saturated heterocycles. The van der Waals surface area contributed by atoms with Crippen molar-refractivity contribution in [3.05, 3.63) is 0 Å². The van der Waals surface area contributed by atoms with Gasteiger partial charge in [-0.1, -0.05) is 6.92 Å². The van der Waals surface area contributed by atoms with Crippen LogP contribution in [-0.4, -0.2) is 40.0 Å². The molecule has 0 aliphatic heterocycles. The van der Waals surface area contributed by atoms with Gasteiger partial charge in [0.1, 0.15) is 0 Å². The van der Waals surface area contributed by atoms with E-state index >= 15 is 0 Å². The van der Waals surface area contributed by atoms with Crippen LogP contribution in [0.25, 0.3) is 0 Å². The molecule has 0 aromatic rings. The first-order chi connectivity index (χ1) is 6.31. The lowest BCUT2D eigenvalue weighted by Gasteiger charge is -2.11. The van der Waals surface area contributed by atoms with Gasteiger partial charge in [0.05, 0.1) is 0 Å². The summed E-state index contributed by atoms with van der Waals surface area (Å²) in [5, 5.41) is 3.37. The first-order valence-corrected chi connectivity index (χ1v) is 5.08. The molecule has 0 radical (unpaired) electrons. The second kappa shape index (κ2) is 9.96. The van der Waals surface area contributed by atoms with Crippen LogP contribution >= 0.6 is 0 Å². The molecule has 1 unspecified atom stereocenters. The number of hydrogen-bond acceptors (Lipinski definition) is 3. The maximum Gasteiger partial charge on any atom is 0.0499 e. The van der Waals surface area contributed by atoms with Crippen molar-refractivity contribution >= 4 is 0 Å². The van der Waals surface area contributed by atoms with E-state index in [1.54, 1.807) is 7.11 Å². The van der Waals surface area contributed by atoms with Gasteiger partial charge in [-0.15, -0.1) is 0 Å². The number of rotatable bonds is 9. The summed E-state index contributed by atoms with van der Waals surface area (Å²) in [6.45, 7) is 8.78. The van der Waals surface area contributed by atoms with Gasteiger partial charge < -0.3 is 14.8 Å². The van der Waals surface area contributed by atoms with Gasteiger partial charge in [0.15, 0.2) is 0 Å². The topological polar surface area (TPSA) is 30.5 Å². The summed E-state index contributed by atoms with van der Waals surface area (Å²) >= 11 is 0. The average molecular weight is 189 g/mol. The molecular weight excluding hydrogens is 166 g/mol. The van der Waals surface area contributed by atoms with Crippen molar-refractivity contribution in [1.29, 1.82) is 0 Å². The molecular formula is C10H23NO2. The Hall–Kier alpha value is -0.120. The van der Waals surface area contributed by atoms with E-state index in [-0.39, 0.29) is 0 Å². The monoisotopic (exact) mass is 189 g/mol. The molecule has 0 saturated carbocycles. The maximum atomic E-state index is 5.22. The van der Waals surface area contributed by atoms with Crippen LogP contribution in [0, 0.1) is 5.92 Å². The van der Waals surface area contributed by atoms with E-state index < -0.39 is 0 Å². The van der Waals surface area contributed by atoms with Gasteiger partial charge in [0.2, 0.25) is 0 Å². The minimum absolute atomic E-state index is 0.595. The number of methoxy groups -OCH3 is 1. The van der Waals surface area contributed by atoms with E-state index in [1.807, 2.05) is 6.92 Å². The molecule has 0 aliphatic rings. The minimum atomic E-state index is 0.595. The molecule has 0 fully saturated rings. The van der Waals surface area contributed by atoms with Gasteiger partial charge in [-0.3, -0.25) is 0 Å². The second-order valence-electron chi connectivity index (χ2n) is 3.32. The quantitative estimate of drug-likeness (QED) is 0.554. The largest absolute Gasteiger partial charge is 0.384 e. The molecule has 0 amide bonds. The predicted octanol–water partition coefficient (Wildman–Crippen LogP) is 1.29. The fourth-order valence-corrected chi connectivity index (χ4v) is 1.14. The Morgan fingerprint density at radius 2 is 2.15 bits per heavy atom. The zero-order valence-electron chi connectivity index (χ0n) is 9.14. The van der Waals surface area contributed by atoms with Gasteiger partial charge >= 0.3 is 0 Å². The molecule has 1 N–H and O–H groups in total. The maximum absolute atomic E-state index is 5.22. The zero-order valence-corrected chi connectivity index (χ0v) is 9.14. The molecule has 3 heteroatoms. The number of nitrogens with one attached hydrogen (secondary N) is 1. The second-order valence-corrected chi connectivity index (χ2v) is 3.32. The molecule has 0 aromatic carbocycles. The van der Waals surface area contributed by atoms with E-state index in [0.29, 0.717) is 5.92 Å². The van der Waals surface area contributed by atoms with Crippen LogP contribution in [0.4, 0.5) is 0 Å². The molecule has 13 heavy (non-hydrogen) atoms. The van der Waals surface area contributed by atoms with E-state index in [4.69, 9.17) is 9.47 Å². The lowest BCUT2D eigenvalue weighted by molar-refractivity contribution is 0.141. The van der Waals surface area contributed by atoms with Crippen LogP contribution in [-0.2, 0) is 9.47 Å². The van der Waals surface area contributed by atoms with Gasteiger partial charge in [-0.25, -0.2) is 0 Å². The van der Waals surface area contributed by atoms with Crippen molar-refractivity contribution in [3.8, 4) is 0 Å². The van der Waals surface area contributed by atoms with E-state index in [2.05, 4.69) is 12.2 Å². The lowest BCUT2D eigenvalue weighted by atomic mass is 10.2. The predicted molar refractivity (Wildman–Crippen MR) is 55.0 cm³/mol. The SMILES string of the molecule is CCOCCCNCC(C)COC. The fraction of sp³-hybridized carbons (Fsp3) is 1.00. The first-order valence-electron chi connectivity index (χ1n) is 5.08. The summed E-state index contributed by atoms with van der Waals surface area (Å²) in [6, 6.07) is 0. The van der Waals surface area contributed by atoms with Crippen molar-refractivity contribution < 1.29 is 9.47 Å². The molecule has 0 aliphatic carbocycles. The highest BCUT2D eigenvalue weighted by Gasteiger charge is 1.99. The number of hydrogen-bond donors (Lipinski definition) is 1. The van der Waals surface area contributed by atoms with Crippen LogP contribution in [0.1, 0.15) is 20.3 Å². The Balaban J connectivity index is 2.97. The van der Waals surface area contributed by atoms with Crippen molar-refractivity contribution in [2.75, 3.05) is 40.0 Å². The van der Waals surface area contributed by atoms with E-state index in [0.717, 1.165) is 39.3 Å². The Labute approximate surface area is 81.8 Å². The summed E-state index contributed by atoms with van der Waals surface area (Å²) in [5.74, 6) is 0.595. The normalized spacial score (nSPS) is 13.2. The van der Waals surface area contributed by atoms with Crippen molar-refractivity contribution in [2.45, 2.75) is 20.3 Å². The Morgan fingerprint density at radius 3 is 2.77 bits per heavy atom. The summed E-state index contributed by atoms with van der Waals surface area (Å²) in [6.07, 6.45) is 1.09. The summed E-state index contributed by atoms with van der Waals surface area (Å²) < 4.78 is 10.3. The molecule has 0 spiro atoms. The molecule has 1 atom stereocenters. The highest BCUT2D eigenvalue weighted by atomic mass is 16.5. The van der Waals surface area contributed by atoms with Gasteiger partial charge in [-0.05, 0) is 32.4 Å². The summed E-state index contributed by atoms with van der Waals surface area (Å²) in [7, 11) is 1.74. The van der Waals surface area contributed by atoms with Gasteiger partial charge in [-0.2, -0.15) is 0 Å². The highest BCUT2D eigenvalue weighted by molar-refractivity contribution is 4.55. The molecule has 0 rings (SSSR count). The van der Waals surface area contributed by atoms with Crippen molar-refractivity contribution in [1.82, 2.24) is 5.32 Å². The smallest absolute Gasteiger partial charge is 0.0499 e. The van der Waals surface area contributed by atoms with Crippen molar-refractivity contribution in [3.63, 3.8) is 0 Å². The third kappa shape index (κ3) is 9.80. The third-order valence-electron chi connectivity index (χ3n) is 1.79. The van der Waals surface area contributed by atoms with E-state index in [9.17, 15) is 0 Å². The van der Waals surface area contributed by atoms with Crippen LogP contribution in [0.15, 0.2) is 0 Å². The van der Waals surface area contributed by atoms with Crippen molar-refractivity contribution in [2.24, 2.45) is 5.92 Å². The van der Waals surface area contributed by atoms with Crippen LogP contribution in [0.3, 0.4) is 0 Å². The Bertz CT molecular complexity index is 98.9. The molecule has 0 heterocycles. The summed E-state index contributed by atoms with van der Waals surface area (Å²) in [5.41, 5.74) is 0. The fourth-order valence-electron chi connectivity index (χ4n) is 1.14. The van der Waals surface area contributed by atoms with Gasteiger partial charge in [0.25, 0.3) is 0 Å². The summed E-state index contributed by atoms with van der Waals surface area (Å²) in [4.78, 5) is 0. The lowest BCUT2D eigenvalue weighted by Crippen LogP contribution is -2.25. The van der Waals surface area contributed by atoms with Gasteiger partial charge in [0, 0.05) is 26.9 Å². The minimum Gasteiger partial charge on any atom is -0.384 e. The average Bonchev–Trinajstić information content (AvgIpc) is 2.11. The first kappa shape index (κ1) is 12.9. The Morgan fingerprint density at radius 1 is 1.38 bits per heavy atom. The molecule has 80 valence electrons. The molecule has 0 bridgehead atoms.